The molecule has 0 spiro atoms. The van der Waals surface area contributed by atoms with Crippen molar-refractivity contribution in [1.82, 2.24) is 5.32 Å². The van der Waals surface area contributed by atoms with E-state index in [1.165, 1.54) is 0 Å². The van der Waals surface area contributed by atoms with Gasteiger partial charge in [-0.1, -0.05) is 23.7 Å². The molecule has 2 amide bonds. The van der Waals surface area contributed by atoms with E-state index >= 15 is 0 Å². The van der Waals surface area contributed by atoms with Gasteiger partial charge in [0.15, 0.2) is 0 Å². The van der Waals surface area contributed by atoms with Gasteiger partial charge in [0, 0.05) is 24.5 Å². The first-order valence-electron chi connectivity index (χ1n) is 8.67. The van der Waals surface area contributed by atoms with Gasteiger partial charge in [-0.2, -0.15) is 0 Å². The van der Waals surface area contributed by atoms with Crippen LogP contribution in [0, 0.1) is 0 Å². The average Bonchev–Trinajstić information content (AvgIpc) is 2.64. The molecular weight excluding hydrogens is 350 g/mol. The molecule has 6 heteroatoms. The van der Waals surface area contributed by atoms with E-state index in [0.29, 0.717) is 16.3 Å². The summed E-state index contributed by atoms with van der Waals surface area (Å²) in [6.45, 7) is 7.68. The van der Waals surface area contributed by atoms with E-state index in [9.17, 15) is 9.59 Å². The largest absolute Gasteiger partial charge is 0.372 e. The van der Waals surface area contributed by atoms with E-state index in [0.717, 1.165) is 18.8 Å². The highest BCUT2D eigenvalue weighted by Crippen LogP contribution is 2.18. The fraction of sp³-hybridized carbons (Fsp3) is 0.300. The van der Waals surface area contributed by atoms with Crippen molar-refractivity contribution in [3.8, 4) is 0 Å². The number of halogens is 1. The van der Waals surface area contributed by atoms with Gasteiger partial charge >= 0.3 is 0 Å². The first-order valence-corrected chi connectivity index (χ1v) is 9.05. The number of anilines is 2. The van der Waals surface area contributed by atoms with Crippen molar-refractivity contribution in [1.29, 1.82) is 0 Å². The highest BCUT2D eigenvalue weighted by atomic mass is 35.5. The fourth-order valence-corrected chi connectivity index (χ4v) is 2.80. The number of rotatable bonds is 7. The van der Waals surface area contributed by atoms with Gasteiger partial charge in [-0.05, 0) is 57.2 Å². The molecule has 0 saturated carbocycles. The molecule has 1 unspecified atom stereocenters. The van der Waals surface area contributed by atoms with Crippen LogP contribution in [0.15, 0.2) is 48.5 Å². The monoisotopic (exact) mass is 373 g/mol. The third-order valence-electron chi connectivity index (χ3n) is 4.12. The van der Waals surface area contributed by atoms with Crippen LogP contribution in [-0.4, -0.2) is 30.9 Å². The molecule has 0 saturated heterocycles. The van der Waals surface area contributed by atoms with Gasteiger partial charge in [0.2, 0.25) is 5.91 Å². The lowest BCUT2D eigenvalue weighted by Gasteiger charge is -2.21. The summed E-state index contributed by atoms with van der Waals surface area (Å²) >= 11 is 6.01. The summed E-state index contributed by atoms with van der Waals surface area (Å²) < 4.78 is 0. The van der Waals surface area contributed by atoms with Crippen LogP contribution in [0.25, 0.3) is 0 Å². The minimum atomic E-state index is -0.693. The van der Waals surface area contributed by atoms with E-state index in [1.807, 2.05) is 24.3 Å². The number of carbonyl (C=O) groups excluding carboxylic acids is 2. The van der Waals surface area contributed by atoms with Crippen LogP contribution in [0.3, 0.4) is 0 Å². The summed E-state index contributed by atoms with van der Waals surface area (Å²) in [4.78, 5) is 26.8. The molecule has 0 bridgehead atoms. The summed E-state index contributed by atoms with van der Waals surface area (Å²) in [5.74, 6) is -0.670. The zero-order valence-corrected chi connectivity index (χ0v) is 16.0. The Hall–Kier alpha value is -2.53. The van der Waals surface area contributed by atoms with E-state index in [4.69, 9.17) is 11.6 Å². The Morgan fingerprint density at radius 2 is 1.65 bits per heavy atom. The predicted molar refractivity (Wildman–Crippen MR) is 107 cm³/mol. The van der Waals surface area contributed by atoms with Crippen molar-refractivity contribution >= 4 is 34.8 Å². The van der Waals surface area contributed by atoms with Crippen LogP contribution in [0.2, 0.25) is 5.02 Å². The Kier molecular flexibility index (Phi) is 7.04. The van der Waals surface area contributed by atoms with Crippen LogP contribution >= 0.6 is 11.6 Å². The molecular formula is C20H24ClN3O2. The molecule has 2 aromatic rings. The molecule has 1 atom stereocenters. The summed E-state index contributed by atoms with van der Waals surface area (Å²) in [6.07, 6.45) is 0. The van der Waals surface area contributed by atoms with Gasteiger partial charge in [-0.15, -0.1) is 0 Å². The number of hydrogen-bond acceptors (Lipinski definition) is 3. The standard InChI is InChI=1S/C20H24ClN3O2/c1-4-24(5-2)16-12-10-15(11-13-16)23-19(25)14(3)22-20(26)17-8-6-7-9-18(17)21/h6-14H,4-5H2,1-3H3,(H,22,26)(H,23,25). The molecule has 2 N–H and O–H groups in total. The van der Waals surface area contributed by atoms with Crippen LogP contribution in [0.5, 0.6) is 0 Å². The third kappa shape index (κ3) is 4.99. The van der Waals surface area contributed by atoms with Gasteiger partial charge in [0.1, 0.15) is 6.04 Å². The second-order valence-corrected chi connectivity index (χ2v) is 6.29. The Labute approximate surface area is 159 Å². The van der Waals surface area contributed by atoms with Gasteiger partial charge in [0.25, 0.3) is 5.91 Å². The van der Waals surface area contributed by atoms with Crippen LogP contribution in [0.4, 0.5) is 11.4 Å². The van der Waals surface area contributed by atoms with Crippen molar-refractivity contribution in [3.63, 3.8) is 0 Å². The predicted octanol–water partition coefficient (Wildman–Crippen LogP) is 3.94. The summed E-state index contributed by atoms with van der Waals surface area (Å²) in [5.41, 5.74) is 2.13. The first-order chi connectivity index (χ1) is 12.5. The lowest BCUT2D eigenvalue weighted by Crippen LogP contribution is -2.41. The number of amides is 2. The van der Waals surface area contributed by atoms with Crippen molar-refractivity contribution < 1.29 is 9.59 Å². The number of carbonyl (C=O) groups is 2. The second kappa shape index (κ2) is 9.25. The van der Waals surface area contributed by atoms with Gasteiger partial charge < -0.3 is 15.5 Å². The van der Waals surface area contributed by atoms with Crippen LogP contribution in [0.1, 0.15) is 31.1 Å². The van der Waals surface area contributed by atoms with Crippen molar-refractivity contribution in [2.45, 2.75) is 26.8 Å². The normalized spacial score (nSPS) is 11.5. The highest BCUT2D eigenvalue weighted by Gasteiger charge is 2.18. The highest BCUT2D eigenvalue weighted by molar-refractivity contribution is 6.33. The smallest absolute Gasteiger partial charge is 0.253 e. The maximum atomic E-state index is 12.3. The van der Waals surface area contributed by atoms with Gasteiger partial charge in [-0.3, -0.25) is 9.59 Å². The van der Waals surface area contributed by atoms with Gasteiger partial charge in [0.05, 0.1) is 10.6 Å². The molecule has 26 heavy (non-hydrogen) atoms. The Balaban J connectivity index is 1.96. The van der Waals surface area contributed by atoms with Crippen LogP contribution in [-0.2, 0) is 4.79 Å². The minimum absolute atomic E-state index is 0.291. The first kappa shape index (κ1) is 19.8. The quantitative estimate of drug-likeness (QED) is 0.772. The molecule has 0 aliphatic rings. The van der Waals surface area contributed by atoms with E-state index in [1.54, 1.807) is 31.2 Å². The van der Waals surface area contributed by atoms with E-state index in [-0.39, 0.29) is 11.8 Å². The lowest BCUT2D eigenvalue weighted by molar-refractivity contribution is -0.117. The topological polar surface area (TPSA) is 61.4 Å². The Bertz CT molecular complexity index is 758. The molecule has 0 fully saturated rings. The Morgan fingerprint density at radius 1 is 1.04 bits per heavy atom. The lowest BCUT2D eigenvalue weighted by atomic mass is 10.2. The maximum Gasteiger partial charge on any atom is 0.253 e. The summed E-state index contributed by atoms with van der Waals surface area (Å²) in [6, 6.07) is 13.7. The summed E-state index contributed by atoms with van der Waals surface area (Å²) in [7, 11) is 0. The molecule has 0 radical (unpaired) electrons. The zero-order chi connectivity index (χ0) is 19.1. The molecule has 5 nitrogen and oxygen atoms in total. The number of nitrogens with one attached hydrogen (secondary N) is 2. The molecule has 0 aliphatic carbocycles. The summed E-state index contributed by atoms with van der Waals surface area (Å²) in [5, 5.41) is 5.82. The molecule has 2 rings (SSSR count). The molecule has 0 aliphatic heterocycles. The zero-order valence-electron chi connectivity index (χ0n) is 15.3. The van der Waals surface area contributed by atoms with Crippen molar-refractivity contribution in [2.24, 2.45) is 0 Å². The van der Waals surface area contributed by atoms with Gasteiger partial charge in [-0.25, -0.2) is 0 Å². The number of hydrogen-bond donors (Lipinski definition) is 2. The molecule has 0 heterocycles. The molecule has 2 aromatic carbocycles. The average molecular weight is 374 g/mol. The number of benzene rings is 2. The third-order valence-corrected chi connectivity index (χ3v) is 4.45. The van der Waals surface area contributed by atoms with Crippen molar-refractivity contribution in [2.75, 3.05) is 23.3 Å². The molecule has 0 aromatic heterocycles. The Morgan fingerprint density at radius 3 is 2.23 bits per heavy atom. The fourth-order valence-electron chi connectivity index (χ4n) is 2.58. The second-order valence-electron chi connectivity index (χ2n) is 5.88. The SMILES string of the molecule is CCN(CC)c1ccc(NC(=O)C(C)NC(=O)c2ccccc2Cl)cc1. The maximum absolute atomic E-state index is 12.3. The van der Waals surface area contributed by atoms with E-state index < -0.39 is 6.04 Å². The minimum Gasteiger partial charge on any atom is -0.372 e. The number of nitrogens with zero attached hydrogens (tertiary/aromatic N) is 1. The van der Waals surface area contributed by atoms with Crippen molar-refractivity contribution in [3.05, 3.63) is 59.1 Å². The van der Waals surface area contributed by atoms with Crippen LogP contribution < -0.4 is 15.5 Å². The van der Waals surface area contributed by atoms with E-state index in [2.05, 4.69) is 29.4 Å². The molecule has 138 valence electrons.